The first-order valence-corrected chi connectivity index (χ1v) is 11.2. The van der Waals surface area contributed by atoms with Crippen LogP contribution in [0.1, 0.15) is 55.4 Å². The van der Waals surface area contributed by atoms with Crippen LogP contribution >= 0.6 is 0 Å². The van der Waals surface area contributed by atoms with Crippen molar-refractivity contribution >= 4 is 24.7 Å². The minimum Gasteiger partial charge on any atom is -0.462 e. The van der Waals surface area contributed by atoms with E-state index in [0.717, 1.165) is 10.5 Å². The maximum absolute atomic E-state index is 6.36. The Morgan fingerprint density at radius 1 is 0.870 bits per heavy atom. The van der Waals surface area contributed by atoms with Gasteiger partial charge < -0.3 is 4.12 Å². The molecule has 0 radical (unpaired) electrons. The molecule has 3 heteroatoms. The van der Waals surface area contributed by atoms with Gasteiger partial charge in [0, 0.05) is 5.04 Å². The van der Waals surface area contributed by atoms with Crippen LogP contribution in [-0.4, -0.2) is 19.5 Å². The molecule has 1 aromatic carbocycles. The van der Waals surface area contributed by atoms with Crippen molar-refractivity contribution < 1.29 is 4.12 Å². The second-order valence-corrected chi connectivity index (χ2v) is 13.5. The van der Waals surface area contributed by atoms with E-state index in [-0.39, 0.29) is 21.3 Å². The summed E-state index contributed by atoms with van der Waals surface area (Å²) in [4.78, 5) is 0. The van der Waals surface area contributed by atoms with E-state index in [1.165, 1.54) is 10.8 Å². The van der Waals surface area contributed by atoms with Crippen LogP contribution in [0.15, 0.2) is 42.0 Å². The Morgan fingerprint density at radius 3 is 1.87 bits per heavy atom. The zero-order valence-corrected chi connectivity index (χ0v) is 19.6. The van der Waals surface area contributed by atoms with Crippen molar-refractivity contribution in [3.63, 3.8) is 0 Å². The second kappa shape index (κ2) is 5.71. The maximum Gasteiger partial charge on any atom is 0.205 e. The van der Waals surface area contributed by atoms with E-state index in [1.807, 2.05) is 0 Å². The Kier molecular flexibility index (Phi) is 4.64. The maximum atomic E-state index is 6.36. The lowest BCUT2D eigenvalue weighted by Crippen LogP contribution is -2.60. The van der Waals surface area contributed by atoms with Gasteiger partial charge in [-0.05, 0) is 28.4 Å². The number of rotatable bonds is 3. The summed E-state index contributed by atoms with van der Waals surface area (Å²) in [5.74, 6) is 0. The average Bonchev–Trinajstić information content (AvgIpc) is 2.47. The minimum absolute atomic E-state index is 0.0964. The van der Waals surface area contributed by atoms with Gasteiger partial charge in [-0.3, -0.25) is 0 Å². The van der Waals surface area contributed by atoms with Crippen LogP contribution in [0.25, 0.3) is 0 Å². The van der Waals surface area contributed by atoms with Crippen molar-refractivity contribution in [1.29, 1.82) is 0 Å². The van der Waals surface area contributed by atoms with Crippen molar-refractivity contribution in [2.75, 3.05) is 0 Å². The summed E-state index contributed by atoms with van der Waals surface area (Å²) in [6, 6.07) is 10.9. The van der Waals surface area contributed by atoms with Crippen LogP contribution < -0.4 is 5.19 Å². The van der Waals surface area contributed by atoms with Gasteiger partial charge in [0.05, 0.1) is 0 Å². The summed E-state index contributed by atoms with van der Waals surface area (Å²) in [5, 5.41) is 1.52. The summed E-state index contributed by atoms with van der Waals surface area (Å²) in [6.45, 7) is 19.4. The molecule has 2 unspecified atom stereocenters. The molecule has 0 saturated carbocycles. The molecule has 1 aliphatic rings. The molecule has 0 saturated heterocycles. The van der Waals surface area contributed by atoms with E-state index in [9.17, 15) is 0 Å². The first-order valence-electron chi connectivity index (χ1n) is 8.71. The number of allylic oxidation sites excluding steroid dienone is 2. The van der Waals surface area contributed by atoms with E-state index in [1.54, 1.807) is 0 Å². The van der Waals surface area contributed by atoms with Crippen LogP contribution in [0.4, 0.5) is 0 Å². The lowest BCUT2D eigenvalue weighted by Gasteiger charge is -2.64. The summed E-state index contributed by atoms with van der Waals surface area (Å²) < 4.78 is 6.36. The summed E-state index contributed by atoms with van der Waals surface area (Å²) in [7, 11) is -0.785. The normalized spacial score (nSPS) is 29.8. The van der Waals surface area contributed by atoms with Gasteiger partial charge in [0.1, 0.15) is 10.5 Å². The highest BCUT2D eigenvalue weighted by molar-refractivity contribution is 6.73. The number of hydrogen-bond acceptors (Lipinski definition) is 1. The lowest BCUT2D eigenvalue weighted by atomic mass is 9.46. The van der Waals surface area contributed by atoms with Gasteiger partial charge in [0.25, 0.3) is 0 Å². The Morgan fingerprint density at radius 2 is 1.39 bits per heavy atom. The van der Waals surface area contributed by atoms with Gasteiger partial charge in [-0.15, -0.1) is 0 Å². The smallest absolute Gasteiger partial charge is 0.205 e. The van der Waals surface area contributed by atoms with Gasteiger partial charge in [-0.1, -0.05) is 90.4 Å². The van der Waals surface area contributed by atoms with Gasteiger partial charge in [0.15, 0.2) is 0 Å². The van der Waals surface area contributed by atoms with Gasteiger partial charge in [-0.2, -0.15) is 0 Å². The van der Waals surface area contributed by atoms with Crippen molar-refractivity contribution in [3.8, 4) is 0 Å². The molecule has 128 valence electrons. The monoisotopic (exact) mass is 346 g/mol. The van der Waals surface area contributed by atoms with E-state index < -0.39 is 9.04 Å². The third-order valence-corrected chi connectivity index (χ3v) is 12.7. The minimum atomic E-state index is -1.59. The van der Waals surface area contributed by atoms with E-state index >= 15 is 0 Å². The topological polar surface area (TPSA) is 9.23 Å². The van der Waals surface area contributed by atoms with Gasteiger partial charge in [0.2, 0.25) is 9.04 Å². The predicted octanol–water partition coefficient (Wildman–Crippen LogP) is 3.71. The molecule has 0 heterocycles. The molecule has 0 aromatic heterocycles. The lowest BCUT2D eigenvalue weighted by molar-refractivity contribution is -0.0330. The molecule has 2 rings (SSSR count). The van der Waals surface area contributed by atoms with Crippen LogP contribution in [-0.2, 0) is 4.12 Å². The summed E-state index contributed by atoms with van der Waals surface area (Å²) in [6.07, 6.45) is 2.57. The van der Waals surface area contributed by atoms with E-state index in [2.05, 4.69) is 91.8 Å². The van der Waals surface area contributed by atoms with Gasteiger partial charge in [-0.25, -0.2) is 0 Å². The highest BCUT2D eigenvalue weighted by atomic mass is 28.3. The fourth-order valence-electron chi connectivity index (χ4n) is 4.52. The molecular formula is C20H34OSi2. The molecule has 1 aliphatic carbocycles. The number of hydrogen-bond donors (Lipinski definition) is 0. The SMILES string of the molecule is CC1=CC(C)([SiH](O[SiH3])c2ccccc2)C(C)(C)C(C)(C)C1(C)C. The van der Waals surface area contributed by atoms with Crippen molar-refractivity contribution in [1.82, 2.24) is 0 Å². The molecular weight excluding hydrogens is 312 g/mol. The third kappa shape index (κ3) is 2.43. The van der Waals surface area contributed by atoms with Crippen LogP contribution in [0.5, 0.6) is 0 Å². The Labute approximate surface area is 147 Å². The fourth-order valence-corrected chi connectivity index (χ4v) is 10.2. The molecule has 1 aromatic rings. The summed E-state index contributed by atoms with van der Waals surface area (Å²) in [5.41, 5.74) is 2.04. The molecule has 23 heavy (non-hydrogen) atoms. The zero-order chi connectivity index (χ0) is 17.7. The van der Waals surface area contributed by atoms with Gasteiger partial charge >= 0.3 is 0 Å². The highest BCUT2D eigenvalue weighted by Gasteiger charge is 2.62. The molecule has 0 spiro atoms. The van der Waals surface area contributed by atoms with Crippen LogP contribution in [0.2, 0.25) is 5.04 Å². The first kappa shape index (κ1) is 18.7. The fraction of sp³-hybridized carbons (Fsp3) is 0.600. The zero-order valence-electron chi connectivity index (χ0n) is 16.4. The largest absolute Gasteiger partial charge is 0.462 e. The summed E-state index contributed by atoms with van der Waals surface area (Å²) >= 11 is 0. The molecule has 0 aliphatic heterocycles. The molecule has 1 nitrogen and oxygen atoms in total. The molecule has 0 N–H and O–H groups in total. The van der Waals surface area contributed by atoms with Crippen LogP contribution in [0.3, 0.4) is 0 Å². The average molecular weight is 347 g/mol. The Bertz CT molecular complexity index is 601. The quantitative estimate of drug-likeness (QED) is 0.599. The van der Waals surface area contributed by atoms with Crippen molar-refractivity contribution in [2.24, 2.45) is 16.2 Å². The second-order valence-electron chi connectivity index (χ2n) is 9.01. The van der Waals surface area contributed by atoms with E-state index in [0.29, 0.717) is 0 Å². The van der Waals surface area contributed by atoms with Crippen molar-refractivity contribution in [3.05, 3.63) is 42.0 Å². The molecule has 0 fully saturated rings. The molecule has 0 bridgehead atoms. The molecule has 0 amide bonds. The number of benzene rings is 1. The highest BCUT2D eigenvalue weighted by Crippen LogP contribution is 2.69. The molecule has 2 atom stereocenters. The third-order valence-electron chi connectivity index (χ3n) is 7.86. The Hall–Kier alpha value is -0.646. The predicted molar refractivity (Wildman–Crippen MR) is 108 cm³/mol. The first-order chi connectivity index (χ1) is 10.4. The Balaban J connectivity index is 2.70. The van der Waals surface area contributed by atoms with E-state index in [4.69, 9.17) is 4.12 Å². The standard InChI is InChI=1S/C20H34OSi2/c1-15-14-20(8,19(6,7)18(4,5)17(15,2)3)23(21-22)16-12-10-9-11-13-16/h9-14,23H,1-8,22H3. The van der Waals surface area contributed by atoms with Crippen molar-refractivity contribution in [2.45, 2.75) is 60.4 Å². The van der Waals surface area contributed by atoms with Crippen LogP contribution in [0, 0.1) is 16.2 Å².